The third-order valence-electron chi connectivity index (χ3n) is 3.45. The largest absolute Gasteiger partial charge is 0.416 e. The zero-order valence-corrected chi connectivity index (χ0v) is 12.3. The second kappa shape index (κ2) is 5.94. The predicted octanol–water partition coefficient (Wildman–Crippen LogP) is 2.04. The van der Waals surface area contributed by atoms with Gasteiger partial charge < -0.3 is 5.32 Å². The fourth-order valence-electron chi connectivity index (χ4n) is 2.35. The molecule has 1 saturated heterocycles. The number of hydrogen-bond donors (Lipinski definition) is 2. The Morgan fingerprint density at radius 3 is 2.38 bits per heavy atom. The summed E-state index contributed by atoms with van der Waals surface area (Å²) in [5, 5.41) is 3.12. The van der Waals surface area contributed by atoms with Gasteiger partial charge in [-0.1, -0.05) is 0 Å². The number of hydrogen-bond acceptors (Lipinski definition) is 3. The Morgan fingerprint density at radius 1 is 1.24 bits per heavy atom. The van der Waals surface area contributed by atoms with Crippen LogP contribution >= 0.6 is 0 Å². The second-order valence-corrected chi connectivity index (χ2v) is 6.81. The van der Waals surface area contributed by atoms with E-state index >= 15 is 0 Å². The van der Waals surface area contributed by atoms with Crippen LogP contribution in [-0.4, -0.2) is 27.5 Å². The Morgan fingerprint density at radius 2 is 1.86 bits per heavy atom. The highest BCUT2D eigenvalue weighted by Gasteiger charge is 2.32. The van der Waals surface area contributed by atoms with Gasteiger partial charge in [0.25, 0.3) is 0 Å². The highest BCUT2D eigenvalue weighted by molar-refractivity contribution is 7.89. The maximum atomic E-state index is 12.6. The van der Waals surface area contributed by atoms with Crippen LogP contribution in [0.1, 0.15) is 24.0 Å². The van der Waals surface area contributed by atoms with E-state index in [0.717, 1.165) is 31.3 Å². The van der Waals surface area contributed by atoms with Crippen LogP contribution in [0, 0.1) is 6.92 Å². The second-order valence-electron chi connectivity index (χ2n) is 5.12. The standard InChI is InChI=1S/C13H17F3N2O2S/c1-9-8-10(13(14,15)16)2-3-12(9)21(19,20)18-11-4-6-17-7-5-11/h2-3,8,11,17-18H,4-7H2,1H3. The Kier molecular flexibility index (Phi) is 4.60. The van der Waals surface area contributed by atoms with Crippen molar-refractivity contribution in [1.29, 1.82) is 0 Å². The van der Waals surface area contributed by atoms with Gasteiger partial charge in [-0.25, -0.2) is 13.1 Å². The first kappa shape index (κ1) is 16.3. The number of piperidine rings is 1. The van der Waals surface area contributed by atoms with Gasteiger partial charge in [-0.2, -0.15) is 13.2 Å². The molecular weight excluding hydrogens is 305 g/mol. The first-order chi connectivity index (χ1) is 9.70. The SMILES string of the molecule is Cc1cc(C(F)(F)F)ccc1S(=O)(=O)NC1CCNCC1. The van der Waals surface area contributed by atoms with Crippen LogP contribution in [0.4, 0.5) is 13.2 Å². The van der Waals surface area contributed by atoms with Crippen molar-refractivity contribution in [1.82, 2.24) is 10.0 Å². The van der Waals surface area contributed by atoms with Gasteiger partial charge in [0, 0.05) is 6.04 Å². The molecule has 0 amide bonds. The number of sulfonamides is 1. The molecule has 0 aliphatic carbocycles. The minimum atomic E-state index is -4.48. The highest BCUT2D eigenvalue weighted by atomic mass is 32.2. The monoisotopic (exact) mass is 322 g/mol. The topological polar surface area (TPSA) is 58.2 Å². The van der Waals surface area contributed by atoms with Crippen LogP contribution in [0.3, 0.4) is 0 Å². The molecule has 2 rings (SSSR count). The number of halogens is 3. The van der Waals surface area contributed by atoms with Crippen molar-refractivity contribution in [3.8, 4) is 0 Å². The summed E-state index contributed by atoms with van der Waals surface area (Å²) in [5.41, 5.74) is -0.757. The third kappa shape index (κ3) is 3.96. The van der Waals surface area contributed by atoms with E-state index in [4.69, 9.17) is 0 Å². The van der Waals surface area contributed by atoms with Gasteiger partial charge in [-0.3, -0.25) is 0 Å². The van der Waals surface area contributed by atoms with Crippen LogP contribution < -0.4 is 10.0 Å². The predicted molar refractivity (Wildman–Crippen MR) is 72.4 cm³/mol. The maximum Gasteiger partial charge on any atom is 0.416 e. The van der Waals surface area contributed by atoms with Gasteiger partial charge in [0.2, 0.25) is 10.0 Å². The summed E-state index contributed by atoms with van der Waals surface area (Å²) in [6, 6.07) is 2.49. The summed E-state index contributed by atoms with van der Waals surface area (Å²) in [5.74, 6) is 0. The Bertz CT molecular complexity index is 608. The van der Waals surface area contributed by atoms with Crippen molar-refractivity contribution in [2.45, 2.75) is 36.9 Å². The molecule has 1 fully saturated rings. The summed E-state index contributed by atoms with van der Waals surface area (Å²) in [4.78, 5) is -0.103. The van der Waals surface area contributed by atoms with Crippen molar-refractivity contribution in [2.75, 3.05) is 13.1 Å². The lowest BCUT2D eigenvalue weighted by Gasteiger charge is -2.24. The summed E-state index contributed by atoms with van der Waals surface area (Å²) >= 11 is 0. The smallest absolute Gasteiger partial charge is 0.317 e. The van der Waals surface area contributed by atoms with Gasteiger partial charge >= 0.3 is 6.18 Å². The molecule has 1 heterocycles. The maximum absolute atomic E-state index is 12.6. The van der Waals surface area contributed by atoms with Crippen LogP contribution in [0.25, 0.3) is 0 Å². The number of rotatable bonds is 3. The van der Waals surface area contributed by atoms with E-state index in [2.05, 4.69) is 10.0 Å². The summed E-state index contributed by atoms with van der Waals surface area (Å²) in [7, 11) is -3.80. The first-order valence-corrected chi connectivity index (χ1v) is 8.09. The van der Waals surface area contributed by atoms with E-state index in [1.807, 2.05) is 0 Å². The molecular formula is C13H17F3N2O2S. The zero-order chi connectivity index (χ0) is 15.7. The van der Waals surface area contributed by atoms with Crippen LogP contribution in [0.15, 0.2) is 23.1 Å². The molecule has 0 bridgehead atoms. The normalized spacial score (nSPS) is 17.9. The molecule has 0 unspecified atom stereocenters. The molecule has 21 heavy (non-hydrogen) atoms. The Hall–Kier alpha value is -1.12. The molecule has 1 aromatic rings. The van der Waals surface area contributed by atoms with Gasteiger partial charge in [0.05, 0.1) is 10.5 Å². The summed E-state index contributed by atoms with van der Waals surface area (Å²) in [6.45, 7) is 2.81. The van der Waals surface area contributed by atoms with E-state index in [1.54, 1.807) is 0 Å². The van der Waals surface area contributed by atoms with Gasteiger partial charge in [0.15, 0.2) is 0 Å². The van der Waals surface area contributed by atoms with Gasteiger partial charge in [0.1, 0.15) is 0 Å². The van der Waals surface area contributed by atoms with E-state index in [-0.39, 0.29) is 16.5 Å². The van der Waals surface area contributed by atoms with Crippen LogP contribution in [0.5, 0.6) is 0 Å². The molecule has 118 valence electrons. The molecule has 1 aliphatic rings. The van der Waals surface area contributed by atoms with Crippen molar-refractivity contribution < 1.29 is 21.6 Å². The molecule has 0 spiro atoms. The van der Waals surface area contributed by atoms with Crippen LogP contribution in [-0.2, 0) is 16.2 Å². The zero-order valence-electron chi connectivity index (χ0n) is 11.5. The summed E-state index contributed by atoms with van der Waals surface area (Å²) in [6.07, 6.45) is -3.15. The number of benzene rings is 1. The van der Waals surface area contributed by atoms with E-state index < -0.39 is 21.8 Å². The van der Waals surface area contributed by atoms with E-state index in [0.29, 0.717) is 12.8 Å². The van der Waals surface area contributed by atoms with E-state index in [9.17, 15) is 21.6 Å². The van der Waals surface area contributed by atoms with Gasteiger partial charge in [-0.15, -0.1) is 0 Å². The molecule has 1 aliphatic heterocycles. The molecule has 0 aromatic heterocycles. The highest BCUT2D eigenvalue weighted by Crippen LogP contribution is 2.31. The summed E-state index contributed by atoms with van der Waals surface area (Å²) < 4.78 is 64.9. The quantitative estimate of drug-likeness (QED) is 0.895. The first-order valence-electron chi connectivity index (χ1n) is 6.61. The lowest BCUT2D eigenvalue weighted by molar-refractivity contribution is -0.137. The average molecular weight is 322 g/mol. The number of aryl methyl sites for hydroxylation is 1. The Labute approximate surface area is 121 Å². The minimum absolute atomic E-state index is 0.0891. The minimum Gasteiger partial charge on any atom is -0.317 e. The lowest BCUT2D eigenvalue weighted by atomic mass is 10.1. The molecule has 4 nitrogen and oxygen atoms in total. The molecule has 0 radical (unpaired) electrons. The number of alkyl halides is 3. The van der Waals surface area contributed by atoms with E-state index in [1.165, 1.54) is 6.92 Å². The van der Waals surface area contributed by atoms with Crippen molar-refractivity contribution in [3.63, 3.8) is 0 Å². The number of nitrogens with one attached hydrogen (secondary N) is 2. The molecule has 2 N–H and O–H groups in total. The van der Waals surface area contributed by atoms with Crippen molar-refractivity contribution >= 4 is 10.0 Å². The fourth-order valence-corrected chi connectivity index (χ4v) is 3.88. The fraction of sp³-hybridized carbons (Fsp3) is 0.538. The molecule has 0 atom stereocenters. The lowest BCUT2D eigenvalue weighted by Crippen LogP contribution is -2.42. The van der Waals surface area contributed by atoms with Gasteiger partial charge in [-0.05, 0) is 56.6 Å². The average Bonchev–Trinajstić information content (AvgIpc) is 2.37. The molecule has 0 saturated carbocycles. The third-order valence-corrected chi connectivity index (χ3v) is 5.13. The Balaban J connectivity index is 2.23. The molecule has 1 aromatic carbocycles. The van der Waals surface area contributed by atoms with Crippen molar-refractivity contribution in [2.24, 2.45) is 0 Å². The van der Waals surface area contributed by atoms with Crippen molar-refractivity contribution in [3.05, 3.63) is 29.3 Å². The molecule has 8 heteroatoms. The van der Waals surface area contributed by atoms with Crippen LogP contribution in [0.2, 0.25) is 0 Å².